The molecule has 11 nitrogen and oxygen atoms in total. The minimum Gasteiger partial charge on any atom is -0.465 e. The normalized spacial score (nSPS) is 11.8. The highest BCUT2D eigenvalue weighted by molar-refractivity contribution is 5.81. The first-order valence-electron chi connectivity index (χ1n) is 23.0. The van der Waals surface area contributed by atoms with Crippen LogP contribution in [0.15, 0.2) is 4.99 Å². The van der Waals surface area contributed by atoms with Crippen molar-refractivity contribution in [3.63, 3.8) is 0 Å². The second kappa shape index (κ2) is 43.3. The Morgan fingerprint density at radius 3 is 1.34 bits per heavy atom. The molecule has 0 aromatic rings. The van der Waals surface area contributed by atoms with Gasteiger partial charge in [0.15, 0.2) is 5.96 Å². The Morgan fingerprint density at radius 2 is 0.875 bits per heavy atom. The molecular weight excluding hydrogens is 709 g/mol. The van der Waals surface area contributed by atoms with Crippen LogP contribution in [0.1, 0.15) is 214 Å². The number of guanidine groups is 1. The summed E-state index contributed by atoms with van der Waals surface area (Å²) < 4.78 is 16.5. The summed E-state index contributed by atoms with van der Waals surface area (Å²) in [5, 5.41) is 2.66. The van der Waals surface area contributed by atoms with E-state index in [1.165, 1.54) is 51.4 Å². The van der Waals surface area contributed by atoms with Gasteiger partial charge in [-0.1, -0.05) is 137 Å². The predicted octanol–water partition coefficient (Wildman–Crippen LogP) is 10.2. The van der Waals surface area contributed by atoms with Crippen LogP contribution in [0.25, 0.3) is 0 Å². The minimum atomic E-state index is -0.413. The molecule has 0 saturated carbocycles. The number of esters is 3. The maximum absolute atomic E-state index is 12.8. The first-order chi connectivity index (χ1) is 27.2. The van der Waals surface area contributed by atoms with E-state index in [1.54, 1.807) is 0 Å². The number of carbonyl (C=O) groups is 4. The zero-order chi connectivity index (χ0) is 41.9. The molecule has 0 fully saturated rings. The molecule has 56 heavy (non-hydrogen) atoms. The molecular formula is C45H88N4O7. The highest BCUT2D eigenvalue weighted by Gasteiger charge is 2.20. The number of hydrogen-bond acceptors (Lipinski definition) is 8. The van der Waals surface area contributed by atoms with Gasteiger partial charge in [0.2, 0.25) is 5.91 Å². The Hall–Kier alpha value is -2.85. The molecule has 0 aromatic heterocycles. The van der Waals surface area contributed by atoms with E-state index in [1.807, 2.05) is 6.92 Å². The summed E-state index contributed by atoms with van der Waals surface area (Å²) in [6.07, 6.45) is 28.6. The van der Waals surface area contributed by atoms with Gasteiger partial charge < -0.3 is 31.0 Å². The molecule has 0 rings (SSSR count). The number of nitrogens with two attached hydrogens (primary N) is 2. The molecule has 11 heteroatoms. The fourth-order valence-electron chi connectivity index (χ4n) is 6.47. The first kappa shape index (κ1) is 55.2. The van der Waals surface area contributed by atoms with Gasteiger partial charge in [-0.15, -0.1) is 0 Å². The summed E-state index contributed by atoms with van der Waals surface area (Å²) in [6.45, 7) is 12.4. The molecule has 0 aliphatic carbocycles. The summed E-state index contributed by atoms with van der Waals surface area (Å²) in [5.74, 6) is -0.362. The Balaban J connectivity index is 0. The lowest BCUT2D eigenvalue weighted by molar-refractivity contribution is -0.150. The van der Waals surface area contributed by atoms with Crippen LogP contribution < -0.4 is 16.8 Å². The van der Waals surface area contributed by atoms with Crippen LogP contribution in [0, 0.1) is 11.8 Å². The molecule has 0 saturated heterocycles. The van der Waals surface area contributed by atoms with Crippen molar-refractivity contribution in [2.75, 3.05) is 32.9 Å². The topological polar surface area (TPSA) is 172 Å². The summed E-state index contributed by atoms with van der Waals surface area (Å²) in [4.78, 5) is 52.9. The summed E-state index contributed by atoms with van der Waals surface area (Å²) in [5.41, 5.74) is 9.86. The van der Waals surface area contributed by atoms with Gasteiger partial charge in [0.25, 0.3) is 0 Å². The molecule has 0 aromatic carbocycles. The summed E-state index contributed by atoms with van der Waals surface area (Å²) in [7, 11) is 0. The number of nitrogens with one attached hydrogen (secondary N) is 1. The van der Waals surface area contributed by atoms with E-state index < -0.39 is 5.97 Å². The van der Waals surface area contributed by atoms with Gasteiger partial charge in [-0.3, -0.25) is 24.2 Å². The van der Waals surface area contributed by atoms with Gasteiger partial charge in [-0.05, 0) is 71.1 Å². The molecule has 0 aliphatic heterocycles. The molecule has 0 spiro atoms. The van der Waals surface area contributed by atoms with Crippen LogP contribution in [-0.4, -0.2) is 62.7 Å². The van der Waals surface area contributed by atoms with Crippen molar-refractivity contribution >= 4 is 29.8 Å². The maximum Gasteiger partial charge on any atom is 0.325 e. The molecule has 1 amide bonds. The van der Waals surface area contributed by atoms with E-state index in [0.29, 0.717) is 32.8 Å². The Morgan fingerprint density at radius 1 is 0.482 bits per heavy atom. The molecule has 0 heterocycles. The number of aliphatic imine (C=N–C) groups is 1. The van der Waals surface area contributed by atoms with Crippen LogP contribution in [-0.2, 0) is 33.4 Å². The predicted molar refractivity (Wildman–Crippen MR) is 231 cm³/mol. The van der Waals surface area contributed by atoms with Crippen LogP contribution in [0.4, 0.5) is 0 Å². The highest BCUT2D eigenvalue weighted by atomic mass is 16.5. The number of hydrogen-bond donors (Lipinski definition) is 3. The van der Waals surface area contributed by atoms with E-state index in [9.17, 15) is 19.2 Å². The second-order valence-corrected chi connectivity index (χ2v) is 15.2. The van der Waals surface area contributed by atoms with Gasteiger partial charge >= 0.3 is 17.9 Å². The smallest absolute Gasteiger partial charge is 0.325 e. The maximum atomic E-state index is 12.8. The van der Waals surface area contributed by atoms with Gasteiger partial charge in [-0.25, -0.2) is 0 Å². The van der Waals surface area contributed by atoms with Crippen LogP contribution >= 0.6 is 0 Å². The van der Waals surface area contributed by atoms with Gasteiger partial charge in [0.1, 0.15) is 6.54 Å². The van der Waals surface area contributed by atoms with Crippen molar-refractivity contribution in [2.24, 2.45) is 28.3 Å². The molecule has 5 N–H and O–H groups in total. The van der Waals surface area contributed by atoms with Gasteiger partial charge in [0, 0.05) is 13.0 Å². The monoisotopic (exact) mass is 797 g/mol. The molecule has 2 atom stereocenters. The molecule has 0 bridgehead atoms. The third kappa shape index (κ3) is 39.4. The average molecular weight is 797 g/mol. The lowest BCUT2D eigenvalue weighted by Crippen LogP contribution is -2.30. The number of unbranched alkanes of at least 4 members (excludes halogenated alkanes) is 17. The van der Waals surface area contributed by atoms with Crippen LogP contribution in [0.3, 0.4) is 0 Å². The highest BCUT2D eigenvalue weighted by Crippen LogP contribution is 2.21. The van der Waals surface area contributed by atoms with Crippen molar-refractivity contribution in [3.8, 4) is 0 Å². The molecule has 2 unspecified atom stereocenters. The minimum absolute atomic E-state index is 0.0191. The van der Waals surface area contributed by atoms with E-state index in [0.717, 1.165) is 122 Å². The molecule has 0 radical (unpaired) electrons. The van der Waals surface area contributed by atoms with E-state index in [4.69, 9.17) is 25.7 Å². The number of nitrogens with zero attached hydrogens (tertiary/aromatic N) is 1. The molecule has 330 valence electrons. The standard InChI is InChI=1S/C42H79NO7.C3H9N3/c1-5-9-12-14-16-23-31-38(30-22-13-10-6-2)42(47)50-35-27-20-19-25-33-48-40(45)36-43-39(44)32-24-17-15-18-26-34-49-41(46)37(28-8-4)29-21-11-7-3;1-2-6-3(4)5/h37-38H,5-36H2,1-4H3,(H,43,44);2H2,1H3,(H4,4,5,6). The largest absolute Gasteiger partial charge is 0.465 e. The number of carbonyl (C=O) groups excluding carboxylic acids is 4. The lowest BCUT2D eigenvalue weighted by atomic mass is 9.94. The van der Waals surface area contributed by atoms with E-state index in [-0.39, 0.29) is 42.2 Å². The summed E-state index contributed by atoms with van der Waals surface area (Å²) >= 11 is 0. The van der Waals surface area contributed by atoms with E-state index >= 15 is 0 Å². The van der Waals surface area contributed by atoms with E-state index in [2.05, 4.69) is 38.0 Å². The average Bonchev–Trinajstić information content (AvgIpc) is 3.17. The Labute approximate surface area is 343 Å². The van der Waals surface area contributed by atoms with Crippen molar-refractivity contribution in [1.82, 2.24) is 5.32 Å². The van der Waals surface area contributed by atoms with Crippen molar-refractivity contribution in [1.29, 1.82) is 0 Å². The quantitative estimate of drug-likeness (QED) is 0.0181. The van der Waals surface area contributed by atoms with Crippen molar-refractivity contribution in [3.05, 3.63) is 0 Å². The van der Waals surface area contributed by atoms with Gasteiger partial charge in [0.05, 0.1) is 31.7 Å². The fraction of sp³-hybridized carbons (Fsp3) is 0.889. The number of rotatable bonds is 38. The van der Waals surface area contributed by atoms with Crippen LogP contribution in [0.5, 0.6) is 0 Å². The third-order valence-corrected chi connectivity index (χ3v) is 9.88. The third-order valence-electron chi connectivity index (χ3n) is 9.88. The second-order valence-electron chi connectivity index (χ2n) is 15.2. The Kier molecular flexibility index (Phi) is 42.7. The van der Waals surface area contributed by atoms with Crippen molar-refractivity contribution in [2.45, 2.75) is 214 Å². The van der Waals surface area contributed by atoms with Crippen LogP contribution in [0.2, 0.25) is 0 Å². The zero-order valence-electron chi connectivity index (χ0n) is 36.9. The number of ether oxygens (including phenoxy) is 3. The lowest BCUT2D eigenvalue weighted by Gasteiger charge is -2.16. The summed E-state index contributed by atoms with van der Waals surface area (Å²) in [6, 6.07) is 0. The number of amides is 1. The fourth-order valence-corrected chi connectivity index (χ4v) is 6.47. The molecule has 0 aliphatic rings. The Bertz CT molecular complexity index is 959. The van der Waals surface area contributed by atoms with Crippen molar-refractivity contribution < 1.29 is 33.4 Å². The van der Waals surface area contributed by atoms with Gasteiger partial charge in [-0.2, -0.15) is 0 Å². The SMILES string of the molecule is CCCCCCCCC(CCCCCC)C(=O)OCCCCCCOC(=O)CNC(=O)CCCCCCCOC(=O)C(CCC)CCCCC.CCN=C(N)N. The zero-order valence-corrected chi connectivity index (χ0v) is 36.9. The first-order valence-corrected chi connectivity index (χ1v) is 23.0.